The Bertz CT molecular complexity index is 981. The number of nitrogens with one attached hydrogen (secondary N) is 1. The molecule has 2 fully saturated rings. The van der Waals surface area contributed by atoms with Crippen LogP contribution in [0.25, 0.3) is 0 Å². The molecule has 0 unspecified atom stereocenters. The predicted molar refractivity (Wildman–Crippen MR) is 121 cm³/mol. The molecular formula is C24H33N3O2S. The summed E-state index contributed by atoms with van der Waals surface area (Å²) in [6.07, 6.45) is 5.81. The highest BCUT2D eigenvalue weighted by molar-refractivity contribution is 7.90. The molecule has 1 heterocycles. The van der Waals surface area contributed by atoms with Gasteiger partial charge in [-0.2, -0.15) is 0 Å². The smallest absolute Gasteiger partial charge is 0.175 e. The standard InChI is InChI=1S/C24H33N3O2S/c1-26(2)24(21-9-5-4-6-10-21)14-12-23(13-15-24)18-27(19-25-23)17-20-8-7-11-22(16-20)30(3,28)29/h4-11,16,25H,12-15,17-19H2,1-3H3. The molecule has 1 aliphatic carbocycles. The number of benzene rings is 2. The normalized spacial score (nSPS) is 27.7. The number of sulfone groups is 1. The van der Waals surface area contributed by atoms with Crippen molar-refractivity contribution in [1.29, 1.82) is 0 Å². The van der Waals surface area contributed by atoms with Crippen LogP contribution in [-0.4, -0.2) is 57.3 Å². The van der Waals surface area contributed by atoms with Gasteiger partial charge in [0.15, 0.2) is 9.84 Å². The molecule has 2 aliphatic rings. The van der Waals surface area contributed by atoms with Gasteiger partial charge in [0.25, 0.3) is 0 Å². The van der Waals surface area contributed by atoms with Crippen LogP contribution in [0, 0.1) is 0 Å². The summed E-state index contributed by atoms with van der Waals surface area (Å²) in [7, 11) is 1.23. The SMILES string of the molecule is CN(C)C1(c2ccccc2)CCC2(CC1)CN(Cc1cccc(S(C)(=O)=O)c1)CN2. The average Bonchev–Trinajstić information content (AvgIpc) is 3.11. The van der Waals surface area contributed by atoms with Crippen molar-refractivity contribution in [2.75, 3.05) is 33.6 Å². The molecule has 30 heavy (non-hydrogen) atoms. The highest BCUT2D eigenvalue weighted by atomic mass is 32.2. The minimum atomic E-state index is -3.17. The first-order valence-electron chi connectivity index (χ1n) is 10.7. The van der Waals surface area contributed by atoms with Gasteiger partial charge in [0.2, 0.25) is 0 Å². The fraction of sp³-hybridized carbons (Fsp3) is 0.500. The number of rotatable bonds is 5. The van der Waals surface area contributed by atoms with E-state index >= 15 is 0 Å². The average molecular weight is 428 g/mol. The molecule has 162 valence electrons. The van der Waals surface area contributed by atoms with E-state index in [1.807, 2.05) is 18.2 Å². The topological polar surface area (TPSA) is 52.7 Å². The molecule has 1 saturated carbocycles. The summed E-state index contributed by atoms with van der Waals surface area (Å²) >= 11 is 0. The van der Waals surface area contributed by atoms with Crippen molar-refractivity contribution in [3.63, 3.8) is 0 Å². The quantitative estimate of drug-likeness (QED) is 0.794. The van der Waals surface area contributed by atoms with E-state index in [9.17, 15) is 8.42 Å². The molecule has 0 amide bonds. The Morgan fingerprint density at radius 3 is 2.33 bits per heavy atom. The van der Waals surface area contributed by atoms with Gasteiger partial charge >= 0.3 is 0 Å². The number of hydrogen-bond donors (Lipinski definition) is 1. The maximum atomic E-state index is 11.9. The summed E-state index contributed by atoms with van der Waals surface area (Å²) in [6.45, 7) is 2.63. The van der Waals surface area contributed by atoms with Gasteiger partial charge in [0.05, 0.1) is 4.90 Å². The van der Waals surface area contributed by atoms with Gasteiger partial charge < -0.3 is 0 Å². The zero-order valence-electron chi connectivity index (χ0n) is 18.3. The summed E-state index contributed by atoms with van der Waals surface area (Å²) < 4.78 is 23.7. The number of hydrogen-bond acceptors (Lipinski definition) is 5. The molecule has 0 atom stereocenters. The minimum absolute atomic E-state index is 0.103. The molecule has 0 aromatic heterocycles. The van der Waals surface area contributed by atoms with Gasteiger partial charge in [-0.1, -0.05) is 42.5 Å². The van der Waals surface area contributed by atoms with E-state index in [2.05, 4.69) is 59.5 Å². The molecule has 2 aromatic rings. The van der Waals surface area contributed by atoms with E-state index in [1.165, 1.54) is 11.8 Å². The van der Waals surface area contributed by atoms with E-state index in [1.54, 1.807) is 6.07 Å². The van der Waals surface area contributed by atoms with Gasteiger partial charge in [-0.3, -0.25) is 15.1 Å². The molecule has 0 bridgehead atoms. The first-order chi connectivity index (χ1) is 14.2. The summed E-state index contributed by atoms with van der Waals surface area (Å²) in [4.78, 5) is 5.21. The second-order valence-electron chi connectivity index (χ2n) is 9.31. The fourth-order valence-corrected chi connectivity index (χ4v) is 5.97. The first kappa shape index (κ1) is 21.5. The van der Waals surface area contributed by atoms with Gasteiger partial charge in [-0.05, 0) is 63.0 Å². The van der Waals surface area contributed by atoms with Crippen molar-refractivity contribution in [3.05, 3.63) is 65.7 Å². The molecule has 1 N–H and O–H groups in total. The first-order valence-corrected chi connectivity index (χ1v) is 12.6. The number of nitrogens with zero attached hydrogens (tertiary/aromatic N) is 2. The summed E-state index contributed by atoms with van der Waals surface area (Å²) in [5.74, 6) is 0. The molecule has 0 radical (unpaired) electrons. The van der Waals surface area contributed by atoms with Crippen LogP contribution < -0.4 is 5.32 Å². The van der Waals surface area contributed by atoms with Gasteiger partial charge in [0, 0.05) is 37.1 Å². The lowest BCUT2D eigenvalue weighted by Gasteiger charge is -2.49. The second kappa shape index (κ2) is 8.08. The van der Waals surface area contributed by atoms with Crippen molar-refractivity contribution < 1.29 is 8.42 Å². The lowest BCUT2D eigenvalue weighted by molar-refractivity contribution is 0.0616. The van der Waals surface area contributed by atoms with Crippen LogP contribution in [-0.2, 0) is 21.9 Å². The maximum absolute atomic E-state index is 11.9. The van der Waals surface area contributed by atoms with E-state index in [0.717, 1.165) is 51.0 Å². The van der Waals surface area contributed by atoms with Crippen LogP contribution in [0.15, 0.2) is 59.5 Å². The van der Waals surface area contributed by atoms with Gasteiger partial charge in [0.1, 0.15) is 0 Å². The molecule has 4 rings (SSSR count). The zero-order valence-corrected chi connectivity index (χ0v) is 19.1. The molecule has 1 saturated heterocycles. The third-order valence-electron chi connectivity index (χ3n) is 7.14. The maximum Gasteiger partial charge on any atom is 0.175 e. The fourth-order valence-electron chi connectivity index (χ4n) is 5.28. The second-order valence-corrected chi connectivity index (χ2v) is 11.3. The Morgan fingerprint density at radius 2 is 1.70 bits per heavy atom. The molecule has 6 heteroatoms. The van der Waals surface area contributed by atoms with Crippen molar-refractivity contribution in [2.24, 2.45) is 0 Å². The van der Waals surface area contributed by atoms with Crippen LogP contribution in [0.5, 0.6) is 0 Å². The van der Waals surface area contributed by atoms with Crippen LogP contribution >= 0.6 is 0 Å². The van der Waals surface area contributed by atoms with Crippen molar-refractivity contribution >= 4 is 9.84 Å². The molecule has 5 nitrogen and oxygen atoms in total. The largest absolute Gasteiger partial charge is 0.300 e. The van der Waals surface area contributed by atoms with Gasteiger partial charge in [-0.25, -0.2) is 8.42 Å². The van der Waals surface area contributed by atoms with Gasteiger partial charge in [-0.15, -0.1) is 0 Å². The Labute approximate surface area is 181 Å². The monoisotopic (exact) mass is 427 g/mol. The Kier molecular flexibility index (Phi) is 5.79. The highest BCUT2D eigenvalue weighted by Gasteiger charge is 2.47. The molecule has 1 aliphatic heterocycles. The third kappa shape index (κ3) is 4.19. The highest BCUT2D eigenvalue weighted by Crippen LogP contribution is 2.45. The van der Waals surface area contributed by atoms with Crippen LogP contribution in [0.1, 0.15) is 36.8 Å². The van der Waals surface area contributed by atoms with Crippen molar-refractivity contribution in [3.8, 4) is 0 Å². The third-order valence-corrected chi connectivity index (χ3v) is 8.25. The molecular weight excluding hydrogens is 394 g/mol. The summed E-state index contributed by atoms with van der Waals surface area (Å²) in [6, 6.07) is 18.3. The van der Waals surface area contributed by atoms with E-state index in [-0.39, 0.29) is 11.1 Å². The lowest BCUT2D eigenvalue weighted by atomic mass is 9.69. The van der Waals surface area contributed by atoms with E-state index in [4.69, 9.17) is 0 Å². The zero-order chi connectivity index (χ0) is 21.4. The van der Waals surface area contributed by atoms with E-state index in [0.29, 0.717) is 4.90 Å². The van der Waals surface area contributed by atoms with Crippen molar-refractivity contribution in [2.45, 2.75) is 48.2 Å². The minimum Gasteiger partial charge on any atom is -0.300 e. The van der Waals surface area contributed by atoms with Crippen LogP contribution in [0.4, 0.5) is 0 Å². The van der Waals surface area contributed by atoms with E-state index < -0.39 is 9.84 Å². The molecule has 1 spiro atoms. The predicted octanol–water partition coefficient (Wildman–Crippen LogP) is 3.22. The van der Waals surface area contributed by atoms with Crippen molar-refractivity contribution in [1.82, 2.24) is 15.1 Å². The Morgan fingerprint density at radius 1 is 1.00 bits per heavy atom. The molecule has 2 aromatic carbocycles. The van der Waals surface area contributed by atoms with Crippen LogP contribution in [0.2, 0.25) is 0 Å². The summed E-state index contributed by atoms with van der Waals surface area (Å²) in [5.41, 5.74) is 2.73. The summed E-state index contributed by atoms with van der Waals surface area (Å²) in [5, 5.41) is 3.80. The lowest BCUT2D eigenvalue weighted by Crippen LogP contribution is -2.53. The Balaban J connectivity index is 1.44. The van der Waals surface area contributed by atoms with Crippen LogP contribution in [0.3, 0.4) is 0 Å². The Hall–Kier alpha value is -1.73.